The summed E-state index contributed by atoms with van der Waals surface area (Å²) in [4.78, 5) is 26.3. The molecule has 2 aliphatic rings. The molecule has 2 aromatic rings. The van der Waals surface area contributed by atoms with Crippen molar-refractivity contribution in [2.45, 2.75) is 25.4 Å². The quantitative estimate of drug-likeness (QED) is 0.931. The van der Waals surface area contributed by atoms with Gasteiger partial charge in [-0.25, -0.2) is 0 Å². The lowest BCUT2D eigenvalue weighted by Crippen LogP contribution is -2.43. The monoisotopic (exact) mass is 336 g/mol. The number of para-hydroxylation sites is 1. The Balaban J connectivity index is 1.29. The molecule has 4 rings (SSSR count). The van der Waals surface area contributed by atoms with E-state index in [9.17, 15) is 9.59 Å². The van der Waals surface area contributed by atoms with Crippen molar-refractivity contribution >= 4 is 11.8 Å². The van der Waals surface area contributed by atoms with E-state index in [0.29, 0.717) is 26.1 Å². The summed E-state index contributed by atoms with van der Waals surface area (Å²) in [6.45, 7) is 1.50. The number of ether oxygens (including phenoxy) is 1. The maximum Gasteiger partial charge on any atom is 0.254 e. The first kappa shape index (κ1) is 15.7. The highest BCUT2D eigenvalue weighted by Crippen LogP contribution is 2.24. The van der Waals surface area contributed by atoms with Crippen LogP contribution in [0.2, 0.25) is 0 Å². The van der Waals surface area contributed by atoms with Crippen molar-refractivity contribution in [1.82, 2.24) is 10.2 Å². The number of hydrogen-bond acceptors (Lipinski definition) is 3. The van der Waals surface area contributed by atoms with Crippen LogP contribution in [0.4, 0.5) is 0 Å². The Hall–Kier alpha value is -2.82. The van der Waals surface area contributed by atoms with Gasteiger partial charge in [-0.15, -0.1) is 0 Å². The van der Waals surface area contributed by atoms with E-state index in [1.54, 1.807) is 4.90 Å². The van der Waals surface area contributed by atoms with Gasteiger partial charge in [0.25, 0.3) is 5.91 Å². The lowest BCUT2D eigenvalue weighted by atomic mass is 10.0. The number of fused-ring (bicyclic) bond motifs is 2. The Bertz CT molecular complexity index is 818. The molecule has 2 heterocycles. The number of carbonyl (C=O) groups is 2. The summed E-state index contributed by atoms with van der Waals surface area (Å²) >= 11 is 0. The first-order valence-corrected chi connectivity index (χ1v) is 8.58. The first-order valence-electron chi connectivity index (χ1n) is 8.58. The molecule has 0 radical (unpaired) electrons. The molecule has 0 saturated heterocycles. The zero-order valence-corrected chi connectivity index (χ0v) is 13.9. The molecule has 0 fully saturated rings. The third-order valence-electron chi connectivity index (χ3n) is 4.75. The first-order chi connectivity index (χ1) is 12.2. The van der Waals surface area contributed by atoms with Crippen LogP contribution in [0.15, 0.2) is 48.5 Å². The van der Waals surface area contributed by atoms with Crippen LogP contribution in [0.1, 0.15) is 27.9 Å². The lowest BCUT2D eigenvalue weighted by molar-refractivity contribution is -0.122. The minimum Gasteiger partial charge on any atom is -0.491 e. The lowest BCUT2D eigenvalue weighted by Gasteiger charge is -2.26. The van der Waals surface area contributed by atoms with Gasteiger partial charge in [0.1, 0.15) is 12.4 Å². The smallest absolute Gasteiger partial charge is 0.254 e. The van der Waals surface area contributed by atoms with Crippen LogP contribution in [0, 0.1) is 0 Å². The average molecular weight is 336 g/mol. The molecule has 0 saturated carbocycles. The normalized spacial score (nSPS) is 18.3. The largest absolute Gasteiger partial charge is 0.491 e. The van der Waals surface area contributed by atoms with Gasteiger partial charge in [-0.2, -0.15) is 0 Å². The van der Waals surface area contributed by atoms with E-state index in [2.05, 4.69) is 5.32 Å². The number of nitrogens with zero attached hydrogens (tertiary/aromatic N) is 1. The molecule has 5 heteroatoms. The van der Waals surface area contributed by atoms with Gasteiger partial charge in [-0.05, 0) is 29.7 Å². The van der Waals surface area contributed by atoms with Crippen LogP contribution in [0.3, 0.4) is 0 Å². The summed E-state index contributed by atoms with van der Waals surface area (Å²) in [6, 6.07) is 15.5. The molecular weight excluding hydrogens is 316 g/mol. The van der Waals surface area contributed by atoms with Crippen molar-refractivity contribution in [2.75, 3.05) is 13.2 Å². The summed E-state index contributed by atoms with van der Waals surface area (Å²) in [6.07, 6.45) is 1.08. The molecule has 0 bridgehead atoms. The van der Waals surface area contributed by atoms with E-state index >= 15 is 0 Å². The molecule has 128 valence electrons. The van der Waals surface area contributed by atoms with E-state index in [0.717, 1.165) is 28.9 Å². The number of amides is 2. The van der Waals surface area contributed by atoms with Gasteiger partial charge in [0, 0.05) is 25.1 Å². The fourth-order valence-corrected chi connectivity index (χ4v) is 3.45. The number of carbonyl (C=O) groups excluding carboxylic acids is 2. The van der Waals surface area contributed by atoms with Gasteiger partial charge < -0.3 is 15.0 Å². The van der Waals surface area contributed by atoms with Crippen LogP contribution in [0.5, 0.6) is 5.75 Å². The highest BCUT2D eigenvalue weighted by molar-refractivity contribution is 5.98. The van der Waals surface area contributed by atoms with Crippen molar-refractivity contribution in [3.05, 3.63) is 65.2 Å². The molecule has 0 aliphatic carbocycles. The molecule has 0 aromatic heterocycles. The SMILES string of the molecule is O=C(CCN1Cc2ccccc2C1=O)N[C@H]1COc2ccccc2C1. The second-order valence-corrected chi connectivity index (χ2v) is 6.52. The average Bonchev–Trinajstić information content (AvgIpc) is 2.96. The summed E-state index contributed by atoms with van der Waals surface area (Å²) in [5.74, 6) is 0.864. The fraction of sp³-hybridized carbons (Fsp3) is 0.300. The molecule has 1 atom stereocenters. The Labute approximate surface area is 146 Å². The van der Waals surface area contributed by atoms with E-state index in [-0.39, 0.29) is 17.9 Å². The van der Waals surface area contributed by atoms with Gasteiger partial charge in [0.2, 0.25) is 5.91 Å². The Morgan fingerprint density at radius 1 is 1.12 bits per heavy atom. The maximum absolute atomic E-state index is 12.3. The molecule has 2 aromatic carbocycles. The van der Waals surface area contributed by atoms with Crippen LogP contribution in [-0.2, 0) is 17.8 Å². The number of benzene rings is 2. The fourth-order valence-electron chi connectivity index (χ4n) is 3.45. The van der Waals surface area contributed by atoms with Crippen molar-refractivity contribution in [1.29, 1.82) is 0 Å². The van der Waals surface area contributed by atoms with Gasteiger partial charge >= 0.3 is 0 Å². The van der Waals surface area contributed by atoms with Gasteiger partial charge in [-0.3, -0.25) is 9.59 Å². The van der Waals surface area contributed by atoms with E-state index in [4.69, 9.17) is 4.74 Å². The molecule has 2 aliphatic heterocycles. The molecule has 0 unspecified atom stereocenters. The summed E-state index contributed by atoms with van der Waals surface area (Å²) in [7, 11) is 0. The second-order valence-electron chi connectivity index (χ2n) is 6.52. The predicted octanol–water partition coefficient (Wildman–Crippen LogP) is 2.15. The Morgan fingerprint density at radius 3 is 2.72 bits per heavy atom. The van der Waals surface area contributed by atoms with Crippen molar-refractivity contribution in [3.8, 4) is 5.75 Å². The van der Waals surface area contributed by atoms with Crippen molar-refractivity contribution in [3.63, 3.8) is 0 Å². The summed E-state index contributed by atoms with van der Waals surface area (Å²) in [5, 5.41) is 3.02. The van der Waals surface area contributed by atoms with Crippen LogP contribution >= 0.6 is 0 Å². The van der Waals surface area contributed by atoms with Crippen LogP contribution < -0.4 is 10.1 Å². The van der Waals surface area contributed by atoms with E-state index in [1.807, 2.05) is 48.5 Å². The van der Waals surface area contributed by atoms with Crippen molar-refractivity contribution < 1.29 is 14.3 Å². The molecular formula is C20H20N2O3. The van der Waals surface area contributed by atoms with E-state index in [1.165, 1.54) is 0 Å². The Morgan fingerprint density at radius 2 is 1.88 bits per heavy atom. The topological polar surface area (TPSA) is 58.6 Å². The van der Waals surface area contributed by atoms with Crippen LogP contribution in [-0.4, -0.2) is 35.9 Å². The number of rotatable bonds is 4. The van der Waals surface area contributed by atoms with E-state index < -0.39 is 0 Å². The third kappa shape index (κ3) is 3.22. The van der Waals surface area contributed by atoms with Gasteiger partial charge in [-0.1, -0.05) is 36.4 Å². The maximum atomic E-state index is 12.3. The summed E-state index contributed by atoms with van der Waals surface area (Å²) in [5.41, 5.74) is 2.90. The standard InChI is InChI=1S/C20H20N2O3/c23-19(21-16-11-14-5-2-4-8-18(14)25-13-16)9-10-22-12-15-6-1-3-7-17(15)20(22)24/h1-8,16H,9-13H2,(H,21,23)/t16-/m1/s1. The number of nitrogens with one attached hydrogen (secondary N) is 1. The van der Waals surface area contributed by atoms with Gasteiger partial charge in [0.05, 0.1) is 6.04 Å². The molecule has 1 N–H and O–H groups in total. The molecule has 2 amide bonds. The summed E-state index contributed by atoms with van der Waals surface area (Å²) < 4.78 is 5.69. The minimum absolute atomic E-state index is 0.0123. The minimum atomic E-state index is -0.0447. The predicted molar refractivity (Wildman–Crippen MR) is 93.4 cm³/mol. The number of hydrogen-bond donors (Lipinski definition) is 1. The van der Waals surface area contributed by atoms with Crippen LogP contribution in [0.25, 0.3) is 0 Å². The highest BCUT2D eigenvalue weighted by Gasteiger charge is 2.27. The Kier molecular flexibility index (Phi) is 4.14. The third-order valence-corrected chi connectivity index (χ3v) is 4.75. The zero-order chi connectivity index (χ0) is 17.2. The zero-order valence-electron chi connectivity index (χ0n) is 13.9. The molecule has 5 nitrogen and oxygen atoms in total. The van der Waals surface area contributed by atoms with Crippen molar-refractivity contribution in [2.24, 2.45) is 0 Å². The molecule has 0 spiro atoms. The van der Waals surface area contributed by atoms with Gasteiger partial charge in [0.15, 0.2) is 0 Å². The second kappa shape index (κ2) is 6.59. The molecule has 25 heavy (non-hydrogen) atoms. The highest BCUT2D eigenvalue weighted by atomic mass is 16.5.